The number of hydrogen-bond donors (Lipinski definition) is 1. The zero-order valence-corrected chi connectivity index (χ0v) is 19.7. The van der Waals surface area contributed by atoms with Crippen LogP contribution in [-0.2, 0) is 11.3 Å². The van der Waals surface area contributed by atoms with Gasteiger partial charge < -0.3 is 10.1 Å². The molecule has 0 bridgehead atoms. The van der Waals surface area contributed by atoms with Gasteiger partial charge in [0.1, 0.15) is 10.4 Å². The van der Waals surface area contributed by atoms with Gasteiger partial charge in [0, 0.05) is 17.5 Å². The van der Waals surface area contributed by atoms with Crippen molar-refractivity contribution in [1.82, 2.24) is 9.55 Å². The molecule has 0 aliphatic carbocycles. The fourth-order valence-corrected chi connectivity index (χ4v) is 5.19. The van der Waals surface area contributed by atoms with Gasteiger partial charge in [-0.2, -0.15) is 0 Å². The predicted octanol–water partition coefficient (Wildman–Crippen LogP) is 5.19. The third-order valence-electron chi connectivity index (χ3n) is 5.03. The third-order valence-corrected chi connectivity index (χ3v) is 6.97. The molecule has 1 N–H and O–H groups in total. The summed E-state index contributed by atoms with van der Waals surface area (Å²) in [5.74, 6) is 0.525. The zero-order chi connectivity index (χ0) is 22.7. The Balaban J connectivity index is 1.63. The van der Waals surface area contributed by atoms with Crippen LogP contribution in [0.3, 0.4) is 0 Å². The summed E-state index contributed by atoms with van der Waals surface area (Å²) in [6, 6.07) is 15.4. The summed E-state index contributed by atoms with van der Waals surface area (Å²) in [4.78, 5) is 30.5. The van der Waals surface area contributed by atoms with E-state index in [4.69, 9.17) is 9.72 Å². The van der Waals surface area contributed by atoms with Crippen molar-refractivity contribution in [3.8, 4) is 16.9 Å². The number of amides is 1. The number of thiophene rings is 1. The molecule has 6 nitrogen and oxygen atoms in total. The molecule has 0 unspecified atom stereocenters. The van der Waals surface area contributed by atoms with Crippen LogP contribution >= 0.6 is 23.1 Å². The van der Waals surface area contributed by atoms with Crippen LogP contribution in [0.5, 0.6) is 5.75 Å². The Morgan fingerprint density at radius 2 is 1.94 bits per heavy atom. The SMILES string of the molecule is CCn1c(SCC(=O)Nc2ccccc2OC)nc2c(-c3ccc(C)cc3)csc2c1=O. The highest BCUT2D eigenvalue weighted by atomic mass is 32.2. The first-order chi connectivity index (χ1) is 15.5. The Hall–Kier alpha value is -3.10. The van der Waals surface area contributed by atoms with E-state index in [0.29, 0.717) is 33.4 Å². The largest absolute Gasteiger partial charge is 0.495 e. The van der Waals surface area contributed by atoms with E-state index in [1.807, 2.05) is 55.6 Å². The second-order valence-corrected chi connectivity index (χ2v) is 9.00. The van der Waals surface area contributed by atoms with Crippen molar-refractivity contribution in [1.29, 1.82) is 0 Å². The van der Waals surface area contributed by atoms with Gasteiger partial charge >= 0.3 is 0 Å². The van der Waals surface area contributed by atoms with Crippen LogP contribution in [0.15, 0.2) is 63.9 Å². The molecule has 2 aromatic carbocycles. The number of nitrogens with zero attached hydrogens (tertiary/aromatic N) is 2. The summed E-state index contributed by atoms with van der Waals surface area (Å²) in [6.07, 6.45) is 0. The number of fused-ring (bicyclic) bond motifs is 1. The lowest BCUT2D eigenvalue weighted by molar-refractivity contribution is -0.113. The van der Waals surface area contributed by atoms with E-state index in [-0.39, 0.29) is 17.2 Å². The number of hydrogen-bond acceptors (Lipinski definition) is 6. The number of rotatable bonds is 7. The molecule has 0 aliphatic rings. The fourth-order valence-electron chi connectivity index (χ4n) is 3.37. The van der Waals surface area contributed by atoms with E-state index in [1.54, 1.807) is 23.8 Å². The van der Waals surface area contributed by atoms with Crippen molar-refractivity contribution in [2.75, 3.05) is 18.2 Å². The van der Waals surface area contributed by atoms with Gasteiger partial charge in [-0.05, 0) is 31.5 Å². The number of carbonyl (C=O) groups excluding carboxylic acids is 1. The van der Waals surface area contributed by atoms with E-state index in [2.05, 4.69) is 5.32 Å². The second-order valence-electron chi connectivity index (χ2n) is 7.17. The van der Waals surface area contributed by atoms with E-state index in [0.717, 1.165) is 11.1 Å². The number of thioether (sulfide) groups is 1. The first kappa shape index (κ1) is 22.1. The lowest BCUT2D eigenvalue weighted by Gasteiger charge is -2.12. The Morgan fingerprint density at radius 1 is 1.19 bits per heavy atom. The van der Waals surface area contributed by atoms with E-state index < -0.39 is 0 Å². The number of aromatic nitrogens is 2. The number of anilines is 1. The summed E-state index contributed by atoms with van der Waals surface area (Å²) in [5.41, 5.74) is 4.34. The fraction of sp³-hybridized carbons (Fsp3) is 0.208. The highest BCUT2D eigenvalue weighted by Crippen LogP contribution is 2.32. The van der Waals surface area contributed by atoms with Crippen LogP contribution in [0.4, 0.5) is 5.69 Å². The van der Waals surface area contributed by atoms with Gasteiger partial charge in [0.2, 0.25) is 5.91 Å². The standard InChI is InChI=1S/C24H23N3O3S2/c1-4-27-23(29)22-21(17(13-31-22)16-11-9-15(2)10-12-16)26-24(27)32-14-20(28)25-18-7-5-6-8-19(18)30-3/h5-13H,4,14H2,1-3H3,(H,25,28). The number of benzene rings is 2. The summed E-state index contributed by atoms with van der Waals surface area (Å²) in [5, 5.41) is 5.37. The van der Waals surface area contributed by atoms with E-state index >= 15 is 0 Å². The highest BCUT2D eigenvalue weighted by molar-refractivity contribution is 7.99. The molecule has 32 heavy (non-hydrogen) atoms. The number of para-hydroxylation sites is 2. The average Bonchev–Trinajstić information content (AvgIpc) is 3.23. The summed E-state index contributed by atoms with van der Waals surface area (Å²) in [6.45, 7) is 4.43. The van der Waals surface area contributed by atoms with Gasteiger partial charge in [-0.1, -0.05) is 53.7 Å². The molecule has 2 heterocycles. The third kappa shape index (κ3) is 4.42. The number of nitrogens with one attached hydrogen (secondary N) is 1. The van der Waals surface area contributed by atoms with Crippen molar-refractivity contribution < 1.29 is 9.53 Å². The zero-order valence-electron chi connectivity index (χ0n) is 18.0. The molecule has 0 saturated carbocycles. The molecule has 4 rings (SSSR count). The normalized spacial score (nSPS) is 11.0. The number of carbonyl (C=O) groups is 1. The first-order valence-corrected chi connectivity index (χ1v) is 12.0. The van der Waals surface area contributed by atoms with Gasteiger partial charge in [0.15, 0.2) is 5.16 Å². The van der Waals surface area contributed by atoms with Crippen LogP contribution in [0.25, 0.3) is 21.3 Å². The highest BCUT2D eigenvalue weighted by Gasteiger charge is 2.17. The molecule has 0 aliphatic heterocycles. The first-order valence-electron chi connectivity index (χ1n) is 10.2. The molecule has 0 fully saturated rings. The van der Waals surface area contributed by atoms with Crippen LogP contribution in [0.1, 0.15) is 12.5 Å². The summed E-state index contributed by atoms with van der Waals surface area (Å²) >= 11 is 2.66. The molecule has 0 atom stereocenters. The second kappa shape index (κ2) is 9.58. The maximum atomic E-state index is 13.1. The summed E-state index contributed by atoms with van der Waals surface area (Å²) < 4.78 is 7.54. The Labute approximate surface area is 194 Å². The minimum atomic E-state index is -0.194. The van der Waals surface area contributed by atoms with Crippen LogP contribution in [0, 0.1) is 6.92 Å². The molecule has 0 spiro atoms. The molecule has 164 valence electrons. The van der Waals surface area contributed by atoms with Crippen LogP contribution in [-0.4, -0.2) is 28.3 Å². The smallest absolute Gasteiger partial charge is 0.272 e. The van der Waals surface area contributed by atoms with Crippen molar-refractivity contribution >= 4 is 44.9 Å². The van der Waals surface area contributed by atoms with E-state index in [1.165, 1.54) is 28.7 Å². The quantitative estimate of drug-likeness (QED) is 0.300. The lowest BCUT2D eigenvalue weighted by atomic mass is 10.1. The van der Waals surface area contributed by atoms with Crippen molar-refractivity contribution in [2.45, 2.75) is 25.5 Å². The van der Waals surface area contributed by atoms with Gasteiger partial charge in [0.25, 0.3) is 5.56 Å². The monoisotopic (exact) mass is 465 g/mol. The van der Waals surface area contributed by atoms with Crippen LogP contribution < -0.4 is 15.6 Å². The van der Waals surface area contributed by atoms with Crippen molar-refractivity contribution in [2.24, 2.45) is 0 Å². The van der Waals surface area contributed by atoms with Crippen LogP contribution in [0.2, 0.25) is 0 Å². The molecular weight excluding hydrogens is 442 g/mol. The topological polar surface area (TPSA) is 73.2 Å². The number of ether oxygens (including phenoxy) is 1. The number of methoxy groups -OCH3 is 1. The molecule has 2 aromatic heterocycles. The lowest BCUT2D eigenvalue weighted by Crippen LogP contribution is -2.23. The predicted molar refractivity (Wildman–Crippen MR) is 132 cm³/mol. The molecule has 0 radical (unpaired) electrons. The Bertz CT molecular complexity index is 1330. The van der Waals surface area contributed by atoms with Gasteiger partial charge in [0.05, 0.1) is 24.1 Å². The van der Waals surface area contributed by atoms with Crippen molar-refractivity contribution in [3.05, 3.63) is 69.8 Å². The molecule has 4 aromatic rings. The Kier molecular flexibility index (Phi) is 6.62. The number of aryl methyl sites for hydroxylation is 1. The van der Waals surface area contributed by atoms with Gasteiger partial charge in [-0.3, -0.25) is 14.2 Å². The van der Waals surface area contributed by atoms with Crippen molar-refractivity contribution in [3.63, 3.8) is 0 Å². The maximum Gasteiger partial charge on any atom is 0.272 e. The Morgan fingerprint density at radius 3 is 2.66 bits per heavy atom. The molecular formula is C24H23N3O3S2. The van der Waals surface area contributed by atoms with E-state index in [9.17, 15) is 9.59 Å². The average molecular weight is 466 g/mol. The summed E-state index contributed by atoms with van der Waals surface area (Å²) in [7, 11) is 1.56. The maximum absolute atomic E-state index is 13.1. The molecule has 0 saturated heterocycles. The minimum Gasteiger partial charge on any atom is -0.495 e. The molecule has 8 heteroatoms. The van der Waals surface area contributed by atoms with Gasteiger partial charge in [-0.15, -0.1) is 11.3 Å². The van der Waals surface area contributed by atoms with Gasteiger partial charge in [-0.25, -0.2) is 4.98 Å². The molecule has 1 amide bonds. The minimum absolute atomic E-state index is 0.0755.